The Bertz CT molecular complexity index is 1050. The Hall–Kier alpha value is -2.91. The van der Waals surface area contributed by atoms with Crippen LogP contribution in [-0.4, -0.2) is 68.7 Å². The van der Waals surface area contributed by atoms with Crippen LogP contribution in [0.5, 0.6) is 0 Å². The van der Waals surface area contributed by atoms with Crippen molar-refractivity contribution in [3.8, 4) is 0 Å². The second-order valence-electron chi connectivity index (χ2n) is 8.70. The minimum Gasteiger partial charge on any atom is -0.352 e. The summed E-state index contributed by atoms with van der Waals surface area (Å²) in [7, 11) is -1.09. The van der Waals surface area contributed by atoms with Gasteiger partial charge in [0.2, 0.25) is 11.8 Å². The topological polar surface area (TPSA) is 90.0 Å². The van der Waals surface area contributed by atoms with Crippen molar-refractivity contribution in [2.75, 3.05) is 31.5 Å². The van der Waals surface area contributed by atoms with Crippen LogP contribution in [0.2, 0.25) is 0 Å². The maximum atomic E-state index is 13.7. The van der Waals surface area contributed by atoms with Gasteiger partial charge in [0.15, 0.2) is 0 Å². The summed E-state index contributed by atoms with van der Waals surface area (Å²) in [5.74, 6) is -0.661. The largest absolute Gasteiger partial charge is 0.352 e. The van der Waals surface area contributed by atoms with E-state index in [2.05, 4.69) is 5.32 Å². The fourth-order valence-corrected chi connectivity index (χ4v) is 4.70. The zero-order valence-corrected chi connectivity index (χ0v) is 22.2. The molecule has 2 rings (SSSR count). The van der Waals surface area contributed by atoms with E-state index < -0.39 is 28.7 Å². The number of hydrogen-bond donors (Lipinski definition) is 1. The summed E-state index contributed by atoms with van der Waals surface area (Å²) in [4.78, 5) is 28.3. The molecular weight excluding hydrogens is 464 g/mol. The number of benzene rings is 2. The van der Waals surface area contributed by atoms with Gasteiger partial charge >= 0.3 is 10.2 Å². The molecule has 2 amide bonds. The lowest BCUT2D eigenvalue weighted by atomic mass is 10.1. The molecule has 0 aliphatic rings. The quantitative estimate of drug-likeness (QED) is 0.456. The number of carbonyl (C=O) groups is 2. The lowest BCUT2D eigenvalue weighted by Gasteiger charge is -2.34. The van der Waals surface area contributed by atoms with Crippen LogP contribution in [-0.2, 0) is 26.2 Å². The van der Waals surface area contributed by atoms with Crippen LogP contribution in [0.15, 0.2) is 60.7 Å². The Labute approximate surface area is 210 Å². The smallest absolute Gasteiger partial charge is 0.304 e. The molecule has 2 atom stereocenters. The molecule has 0 unspecified atom stereocenters. The molecular formula is C26H38N4O4S. The fourth-order valence-electron chi connectivity index (χ4n) is 3.65. The van der Waals surface area contributed by atoms with Gasteiger partial charge in [-0.25, -0.2) is 4.31 Å². The second-order valence-corrected chi connectivity index (χ2v) is 10.8. The normalized spacial score (nSPS) is 13.2. The highest BCUT2D eigenvalue weighted by Gasteiger charge is 2.33. The van der Waals surface area contributed by atoms with E-state index in [9.17, 15) is 18.0 Å². The summed E-state index contributed by atoms with van der Waals surface area (Å²) >= 11 is 0. The van der Waals surface area contributed by atoms with E-state index >= 15 is 0 Å². The Morgan fingerprint density at radius 2 is 1.49 bits per heavy atom. The first-order chi connectivity index (χ1) is 16.6. The first kappa shape index (κ1) is 28.3. The molecule has 0 aliphatic heterocycles. The third kappa shape index (κ3) is 7.80. The lowest BCUT2D eigenvalue weighted by Crippen LogP contribution is -2.55. The number of hydrogen-bond acceptors (Lipinski definition) is 4. The molecule has 0 radical (unpaired) electrons. The highest BCUT2D eigenvalue weighted by Crippen LogP contribution is 2.20. The van der Waals surface area contributed by atoms with Crippen LogP contribution < -0.4 is 9.62 Å². The summed E-state index contributed by atoms with van der Waals surface area (Å²) in [5, 5.41) is 2.97. The summed E-state index contributed by atoms with van der Waals surface area (Å²) in [6.45, 7) is 5.64. The zero-order valence-electron chi connectivity index (χ0n) is 21.3. The third-order valence-electron chi connectivity index (χ3n) is 5.93. The van der Waals surface area contributed by atoms with E-state index in [0.29, 0.717) is 25.1 Å². The maximum absolute atomic E-state index is 13.7. The molecule has 0 aromatic heterocycles. The van der Waals surface area contributed by atoms with Crippen molar-refractivity contribution in [1.82, 2.24) is 14.5 Å². The SMILES string of the molecule is CC[C@@H](C)NC(=O)[C@H](CC)N(CCc1ccccc1)C(=O)CN(c1ccccc1)S(=O)(=O)N(C)C. The highest BCUT2D eigenvalue weighted by atomic mass is 32.2. The van der Waals surface area contributed by atoms with Crippen LogP contribution in [0, 0.1) is 0 Å². The molecule has 0 saturated heterocycles. The van der Waals surface area contributed by atoms with Crippen molar-refractivity contribution in [2.24, 2.45) is 0 Å². The monoisotopic (exact) mass is 502 g/mol. The van der Waals surface area contributed by atoms with Gasteiger partial charge in [-0.15, -0.1) is 0 Å². The van der Waals surface area contributed by atoms with Crippen molar-refractivity contribution in [1.29, 1.82) is 0 Å². The number of amides is 2. The highest BCUT2D eigenvalue weighted by molar-refractivity contribution is 7.90. The zero-order chi connectivity index (χ0) is 26.0. The Morgan fingerprint density at radius 1 is 0.914 bits per heavy atom. The molecule has 0 heterocycles. The van der Waals surface area contributed by atoms with Gasteiger partial charge in [-0.3, -0.25) is 9.59 Å². The average molecular weight is 503 g/mol. The molecule has 2 aromatic carbocycles. The lowest BCUT2D eigenvalue weighted by molar-refractivity contribution is -0.139. The molecule has 0 bridgehead atoms. The standard InChI is InChI=1S/C26H38N4O4S/c1-6-21(3)27-26(32)24(7-2)29(19-18-22-14-10-8-11-15-22)25(31)20-30(35(33,34)28(4)5)23-16-12-9-13-17-23/h8-17,21,24H,6-7,18-20H2,1-5H3,(H,27,32)/t21-,24+/m1/s1. The van der Waals surface area contributed by atoms with Gasteiger partial charge in [0.05, 0.1) is 5.69 Å². The summed E-state index contributed by atoms with van der Waals surface area (Å²) < 4.78 is 28.4. The summed E-state index contributed by atoms with van der Waals surface area (Å²) in [5.41, 5.74) is 1.41. The van der Waals surface area contributed by atoms with Crippen molar-refractivity contribution < 1.29 is 18.0 Å². The molecule has 9 heteroatoms. The molecule has 0 saturated carbocycles. The molecule has 8 nitrogen and oxygen atoms in total. The Balaban J connectivity index is 2.39. The summed E-state index contributed by atoms with van der Waals surface area (Å²) in [6.07, 6.45) is 1.73. The van der Waals surface area contributed by atoms with E-state index in [0.717, 1.165) is 20.6 Å². The van der Waals surface area contributed by atoms with Gasteiger partial charge in [-0.1, -0.05) is 62.4 Å². The predicted octanol–water partition coefficient (Wildman–Crippen LogP) is 3.06. The molecule has 0 aliphatic carbocycles. The summed E-state index contributed by atoms with van der Waals surface area (Å²) in [6, 6.07) is 17.5. The van der Waals surface area contributed by atoms with Gasteiger partial charge in [0.25, 0.3) is 0 Å². The van der Waals surface area contributed by atoms with Gasteiger partial charge in [-0.2, -0.15) is 12.7 Å². The fraction of sp³-hybridized carbons (Fsp3) is 0.462. The van der Waals surface area contributed by atoms with Gasteiger partial charge in [0.1, 0.15) is 12.6 Å². The number of para-hydroxylation sites is 1. The van der Waals surface area contributed by atoms with Crippen LogP contribution in [0.25, 0.3) is 0 Å². The Kier molecular flexibility index (Phi) is 10.7. The number of anilines is 1. The number of rotatable bonds is 13. The van der Waals surface area contributed by atoms with E-state index in [1.54, 1.807) is 30.3 Å². The minimum atomic E-state index is -3.94. The molecule has 1 N–H and O–H groups in total. The van der Waals surface area contributed by atoms with E-state index in [4.69, 9.17) is 0 Å². The minimum absolute atomic E-state index is 0.0300. The predicted molar refractivity (Wildman–Crippen MR) is 140 cm³/mol. The Morgan fingerprint density at radius 3 is 2.00 bits per heavy atom. The van der Waals surface area contributed by atoms with Gasteiger partial charge in [0, 0.05) is 26.7 Å². The molecule has 192 valence electrons. The van der Waals surface area contributed by atoms with Crippen molar-refractivity contribution >= 4 is 27.7 Å². The van der Waals surface area contributed by atoms with E-state index in [-0.39, 0.29) is 11.9 Å². The van der Waals surface area contributed by atoms with Crippen molar-refractivity contribution in [3.05, 3.63) is 66.2 Å². The average Bonchev–Trinajstić information content (AvgIpc) is 2.85. The number of nitrogens with one attached hydrogen (secondary N) is 1. The second kappa shape index (κ2) is 13.3. The number of carbonyl (C=O) groups excluding carboxylic acids is 2. The van der Waals surface area contributed by atoms with Crippen LogP contribution in [0.3, 0.4) is 0 Å². The molecule has 0 spiro atoms. The number of nitrogens with zero attached hydrogens (tertiary/aromatic N) is 3. The van der Waals surface area contributed by atoms with Gasteiger partial charge < -0.3 is 10.2 Å². The molecule has 0 fully saturated rings. The van der Waals surface area contributed by atoms with Crippen LogP contribution >= 0.6 is 0 Å². The van der Waals surface area contributed by atoms with Crippen molar-refractivity contribution in [2.45, 2.75) is 52.1 Å². The van der Waals surface area contributed by atoms with E-state index in [1.807, 2.05) is 51.1 Å². The first-order valence-electron chi connectivity index (χ1n) is 12.0. The third-order valence-corrected chi connectivity index (χ3v) is 7.75. The molecule has 35 heavy (non-hydrogen) atoms. The van der Waals surface area contributed by atoms with Crippen molar-refractivity contribution in [3.63, 3.8) is 0 Å². The maximum Gasteiger partial charge on any atom is 0.304 e. The van der Waals surface area contributed by atoms with Crippen LogP contribution in [0.1, 0.15) is 39.2 Å². The van der Waals surface area contributed by atoms with Crippen LogP contribution in [0.4, 0.5) is 5.69 Å². The van der Waals surface area contributed by atoms with Gasteiger partial charge in [-0.05, 0) is 43.9 Å². The first-order valence-corrected chi connectivity index (χ1v) is 13.4. The molecule has 2 aromatic rings. The van der Waals surface area contributed by atoms with E-state index in [1.165, 1.54) is 19.0 Å².